The number of anilines is 1. The lowest BCUT2D eigenvalue weighted by Gasteiger charge is -2.40. The Morgan fingerprint density at radius 1 is 0.582 bits per heavy atom. The first kappa shape index (κ1) is 45.1. The van der Waals surface area contributed by atoms with E-state index in [1.54, 1.807) is 42.7 Å². The molecule has 55 heavy (non-hydrogen) atoms. The minimum absolute atomic E-state index is 0. The number of rotatable bonds is 14. The second-order valence-corrected chi connectivity index (χ2v) is 13.0. The Morgan fingerprint density at radius 3 is 1.45 bits per heavy atom. The van der Waals surface area contributed by atoms with Crippen molar-refractivity contribution in [3.8, 4) is 56.8 Å². The predicted molar refractivity (Wildman–Crippen MR) is 226 cm³/mol. The van der Waals surface area contributed by atoms with Gasteiger partial charge in [0.25, 0.3) is 0 Å². The van der Waals surface area contributed by atoms with Crippen molar-refractivity contribution in [2.24, 2.45) is 0 Å². The molecule has 14 heteroatoms. The number of methoxy groups -OCH3 is 6. The Hall–Kier alpha value is -4.32. The molecule has 1 saturated heterocycles. The maximum absolute atomic E-state index is 6.32. The third-order valence-electron chi connectivity index (χ3n) is 9.50. The summed E-state index contributed by atoms with van der Waals surface area (Å²) in [6, 6.07) is 20.6. The number of piperidine rings is 1. The van der Waals surface area contributed by atoms with Crippen LogP contribution in [0.4, 0.5) is 5.69 Å². The molecular weight excluding hydrogens is 786 g/mol. The van der Waals surface area contributed by atoms with Gasteiger partial charge in [0, 0.05) is 78.8 Å². The van der Waals surface area contributed by atoms with E-state index in [0.29, 0.717) is 52.1 Å². The van der Waals surface area contributed by atoms with Gasteiger partial charge in [-0.05, 0) is 95.8 Å². The summed E-state index contributed by atoms with van der Waals surface area (Å²) in [6.07, 6.45) is 9.62. The Morgan fingerprint density at radius 2 is 1.02 bits per heavy atom. The summed E-state index contributed by atoms with van der Waals surface area (Å²) in [5, 5.41) is 0.715. The normalized spacial score (nSPS) is 12.6. The number of benzene rings is 3. The van der Waals surface area contributed by atoms with Crippen molar-refractivity contribution in [1.29, 1.82) is 0 Å². The highest BCUT2D eigenvalue weighted by atomic mass is 35.5. The van der Waals surface area contributed by atoms with Crippen molar-refractivity contribution in [3.63, 3.8) is 0 Å². The van der Waals surface area contributed by atoms with Crippen molar-refractivity contribution in [2.75, 3.05) is 60.6 Å². The fourth-order valence-electron chi connectivity index (χ4n) is 6.87. The van der Waals surface area contributed by atoms with Crippen LogP contribution in [0.5, 0.6) is 34.5 Å². The van der Waals surface area contributed by atoms with E-state index in [-0.39, 0.29) is 37.2 Å². The van der Waals surface area contributed by atoms with Gasteiger partial charge in [0.15, 0.2) is 23.0 Å². The molecule has 0 saturated carbocycles. The highest BCUT2D eigenvalue weighted by Crippen LogP contribution is 2.42. The van der Waals surface area contributed by atoms with Gasteiger partial charge in [-0.2, -0.15) is 0 Å². The molecule has 6 rings (SSSR count). The first-order valence-corrected chi connectivity index (χ1v) is 17.5. The third kappa shape index (κ3) is 10.5. The fourth-order valence-corrected chi connectivity index (χ4v) is 6.99. The van der Waals surface area contributed by atoms with E-state index in [9.17, 15) is 0 Å². The Balaban J connectivity index is 0.00000271. The molecule has 10 nitrogen and oxygen atoms in total. The number of hydrogen-bond donors (Lipinski definition) is 0. The van der Waals surface area contributed by atoms with Crippen molar-refractivity contribution < 1.29 is 28.4 Å². The quantitative estimate of drug-likeness (QED) is 0.108. The Bertz CT molecular complexity index is 1930. The molecule has 3 heterocycles. The van der Waals surface area contributed by atoms with Gasteiger partial charge in [-0.3, -0.25) is 14.9 Å². The molecule has 0 amide bonds. The first-order chi connectivity index (χ1) is 25.4. The van der Waals surface area contributed by atoms with Gasteiger partial charge < -0.3 is 33.3 Å². The molecule has 1 fully saturated rings. The van der Waals surface area contributed by atoms with E-state index >= 15 is 0 Å². The largest absolute Gasteiger partial charge is 0.493 e. The third-order valence-corrected chi connectivity index (χ3v) is 9.75. The van der Waals surface area contributed by atoms with E-state index in [2.05, 4.69) is 44.0 Å². The fraction of sp³-hybridized carbons (Fsp3) is 0.317. The number of halogens is 4. The van der Waals surface area contributed by atoms with E-state index in [4.69, 9.17) is 40.0 Å². The van der Waals surface area contributed by atoms with Gasteiger partial charge in [0.1, 0.15) is 0 Å². The molecule has 5 aromatic rings. The van der Waals surface area contributed by atoms with Gasteiger partial charge in [-0.15, -0.1) is 37.2 Å². The summed E-state index contributed by atoms with van der Waals surface area (Å²) in [7, 11) is 9.70. The zero-order chi connectivity index (χ0) is 36.6. The molecule has 3 aromatic carbocycles. The average molecular weight is 835 g/mol. The lowest BCUT2D eigenvalue weighted by atomic mass is 9.99. The van der Waals surface area contributed by atoms with Crippen molar-refractivity contribution in [1.82, 2.24) is 14.9 Å². The number of likely N-dealkylation sites (tertiary alicyclic amines) is 1. The molecular formula is C41H48Cl4N4O6. The van der Waals surface area contributed by atoms with Crippen molar-refractivity contribution >= 4 is 54.5 Å². The molecule has 0 N–H and O–H groups in total. The van der Waals surface area contributed by atoms with Crippen LogP contribution in [0.1, 0.15) is 24.0 Å². The minimum atomic E-state index is 0. The second kappa shape index (κ2) is 21.1. The summed E-state index contributed by atoms with van der Waals surface area (Å²) in [5.41, 5.74) is 7.20. The number of nitrogens with zero attached hydrogens (tertiary/aromatic N) is 4. The van der Waals surface area contributed by atoms with Gasteiger partial charge >= 0.3 is 0 Å². The highest BCUT2D eigenvalue weighted by Gasteiger charge is 2.26. The average Bonchev–Trinajstić information content (AvgIpc) is 3.19. The van der Waals surface area contributed by atoms with E-state index in [1.165, 1.54) is 0 Å². The smallest absolute Gasteiger partial charge is 0.203 e. The van der Waals surface area contributed by atoms with Crippen LogP contribution in [0.25, 0.3) is 22.3 Å². The van der Waals surface area contributed by atoms with Crippen LogP contribution in [0.15, 0.2) is 85.5 Å². The molecule has 2 aromatic heterocycles. The van der Waals surface area contributed by atoms with Crippen LogP contribution in [-0.4, -0.2) is 76.7 Å². The SMILES string of the molecule is COc1cc(-c2cncc(CN3CCC(N(Cc4cncc(-c5cc(OC)c(OC)c(OC)c5)c4)c4ccc(Cl)cc4)CC3)c2)cc(OC)c1OC.Cl.Cl.Cl. The van der Waals surface area contributed by atoms with E-state index < -0.39 is 0 Å². The van der Waals surface area contributed by atoms with Crippen LogP contribution in [0.3, 0.4) is 0 Å². The molecule has 1 aliphatic heterocycles. The van der Waals surface area contributed by atoms with Crippen LogP contribution < -0.4 is 33.3 Å². The summed E-state index contributed by atoms with van der Waals surface area (Å²) in [4.78, 5) is 14.2. The van der Waals surface area contributed by atoms with Gasteiger partial charge in [0.2, 0.25) is 11.5 Å². The Kier molecular flexibility index (Phi) is 17.3. The monoisotopic (exact) mass is 832 g/mol. The molecule has 296 valence electrons. The maximum Gasteiger partial charge on any atom is 0.203 e. The molecule has 0 aliphatic carbocycles. The molecule has 0 unspecified atom stereocenters. The van der Waals surface area contributed by atoms with Crippen LogP contribution in [0.2, 0.25) is 5.02 Å². The zero-order valence-corrected chi connectivity index (χ0v) is 34.9. The van der Waals surface area contributed by atoms with Gasteiger partial charge in [-0.1, -0.05) is 11.6 Å². The number of hydrogen-bond acceptors (Lipinski definition) is 10. The predicted octanol–water partition coefficient (Wildman–Crippen LogP) is 9.45. The summed E-state index contributed by atoms with van der Waals surface area (Å²) < 4.78 is 33.5. The van der Waals surface area contributed by atoms with Crippen LogP contribution in [0, 0.1) is 0 Å². The standard InChI is InChI=1S/C41H45ClN4O6.3ClH/c1-47-36-17-29(18-37(48-2)40(36)51-5)31-15-27(21-43-23-31)25-45-13-11-35(12-14-45)46(34-9-7-33(42)8-10-34)26-28-16-32(24-44-22-28)30-19-38(49-3)41(52-6)39(20-30)50-4;;;/h7-10,15-24,35H,11-14,25-26H2,1-6H3;3*1H. The van der Waals surface area contributed by atoms with Crippen molar-refractivity contribution in [2.45, 2.75) is 32.0 Å². The molecule has 0 spiro atoms. The first-order valence-electron chi connectivity index (χ1n) is 17.1. The molecule has 1 aliphatic rings. The van der Waals surface area contributed by atoms with E-state index in [1.807, 2.05) is 61.2 Å². The maximum atomic E-state index is 6.32. The highest BCUT2D eigenvalue weighted by molar-refractivity contribution is 6.30. The van der Waals surface area contributed by atoms with Gasteiger partial charge in [0.05, 0.1) is 42.7 Å². The molecule has 0 radical (unpaired) electrons. The number of aromatic nitrogens is 2. The molecule has 0 bridgehead atoms. The zero-order valence-electron chi connectivity index (χ0n) is 31.7. The van der Waals surface area contributed by atoms with Gasteiger partial charge in [-0.25, -0.2) is 0 Å². The summed E-state index contributed by atoms with van der Waals surface area (Å²) in [6.45, 7) is 3.40. The lowest BCUT2D eigenvalue weighted by molar-refractivity contribution is 0.200. The van der Waals surface area contributed by atoms with Crippen LogP contribution in [-0.2, 0) is 13.1 Å². The van der Waals surface area contributed by atoms with Crippen molar-refractivity contribution in [3.05, 3.63) is 102 Å². The summed E-state index contributed by atoms with van der Waals surface area (Å²) >= 11 is 6.32. The lowest BCUT2D eigenvalue weighted by Crippen LogP contribution is -2.44. The van der Waals surface area contributed by atoms with E-state index in [0.717, 1.165) is 71.5 Å². The topological polar surface area (TPSA) is 87.6 Å². The molecule has 0 atom stereocenters. The number of ether oxygens (including phenoxy) is 6. The summed E-state index contributed by atoms with van der Waals surface area (Å²) in [5.74, 6) is 3.54. The number of pyridine rings is 2. The van der Waals surface area contributed by atoms with Crippen LogP contribution >= 0.6 is 48.8 Å². The second-order valence-electron chi connectivity index (χ2n) is 12.6. The minimum Gasteiger partial charge on any atom is -0.493 e. The Labute approximate surface area is 347 Å².